The van der Waals surface area contributed by atoms with E-state index in [-0.39, 0.29) is 43.3 Å². The lowest BCUT2D eigenvalue weighted by molar-refractivity contribution is -0.135. The summed E-state index contributed by atoms with van der Waals surface area (Å²) in [5, 5.41) is 2.76. The first-order valence-electron chi connectivity index (χ1n) is 10.2. The van der Waals surface area contributed by atoms with Crippen LogP contribution >= 0.6 is 0 Å². The highest BCUT2D eigenvalue weighted by Crippen LogP contribution is 2.36. The number of likely N-dealkylation sites (tertiary alicyclic amines) is 1. The maximum absolute atomic E-state index is 12.4. The SMILES string of the molecule is Cn1c(-c2ccc3c(c2)OCO3)cnc1NC(=O)CCC(=O)N1CCC(C(N)=O)CC1. The van der Waals surface area contributed by atoms with E-state index in [0.29, 0.717) is 43.4 Å². The smallest absolute Gasteiger partial charge is 0.231 e. The molecule has 0 aliphatic carbocycles. The molecule has 3 amide bonds. The van der Waals surface area contributed by atoms with Crippen LogP contribution in [0.25, 0.3) is 11.3 Å². The second-order valence-corrected chi connectivity index (χ2v) is 7.70. The number of nitrogens with one attached hydrogen (secondary N) is 1. The molecule has 3 N–H and O–H groups in total. The van der Waals surface area contributed by atoms with Gasteiger partial charge in [0.05, 0.1) is 11.9 Å². The Hall–Kier alpha value is -3.56. The molecule has 10 nitrogen and oxygen atoms in total. The van der Waals surface area contributed by atoms with Crippen LogP contribution in [-0.2, 0) is 21.4 Å². The molecule has 1 aromatic heterocycles. The van der Waals surface area contributed by atoms with Gasteiger partial charge in [-0.2, -0.15) is 0 Å². The Morgan fingerprint density at radius 3 is 2.65 bits per heavy atom. The lowest BCUT2D eigenvalue weighted by atomic mass is 9.96. The zero-order valence-corrected chi connectivity index (χ0v) is 17.3. The molecule has 0 bridgehead atoms. The number of amides is 3. The number of rotatable bonds is 6. The molecule has 1 fully saturated rings. The van der Waals surface area contributed by atoms with Crippen molar-refractivity contribution in [3.63, 3.8) is 0 Å². The van der Waals surface area contributed by atoms with E-state index in [1.54, 1.807) is 22.7 Å². The number of carbonyl (C=O) groups excluding carboxylic acids is 3. The van der Waals surface area contributed by atoms with Gasteiger partial charge in [0.1, 0.15) is 0 Å². The molecule has 2 aliphatic rings. The molecule has 0 atom stereocenters. The van der Waals surface area contributed by atoms with Crippen LogP contribution in [0.5, 0.6) is 11.5 Å². The minimum atomic E-state index is -0.318. The van der Waals surface area contributed by atoms with E-state index in [0.717, 1.165) is 11.3 Å². The van der Waals surface area contributed by atoms with Crippen molar-refractivity contribution in [2.24, 2.45) is 18.7 Å². The van der Waals surface area contributed by atoms with Crippen LogP contribution in [-0.4, -0.2) is 52.1 Å². The number of benzene rings is 1. The molecule has 1 aromatic carbocycles. The average Bonchev–Trinajstić information content (AvgIpc) is 3.38. The monoisotopic (exact) mass is 427 g/mol. The molecule has 4 rings (SSSR count). The minimum Gasteiger partial charge on any atom is -0.454 e. The van der Waals surface area contributed by atoms with Crippen LogP contribution in [0.4, 0.5) is 5.95 Å². The third kappa shape index (κ3) is 4.47. The first-order valence-corrected chi connectivity index (χ1v) is 10.2. The van der Waals surface area contributed by atoms with Gasteiger partial charge in [-0.3, -0.25) is 19.7 Å². The van der Waals surface area contributed by atoms with E-state index in [2.05, 4.69) is 10.3 Å². The molecule has 10 heteroatoms. The number of hydrogen-bond donors (Lipinski definition) is 2. The Bertz CT molecular complexity index is 1010. The number of imidazole rings is 1. The van der Waals surface area contributed by atoms with Crippen molar-refractivity contribution in [3.8, 4) is 22.8 Å². The maximum atomic E-state index is 12.4. The number of nitrogens with zero attached hydrogens (tertiary/aromatic N) is 3. The quantitative estimate of drug-likeness (QED) is 0.714. The van der Waals surface area contributed by atoms with Crippen molar-refractivity contribution >= 4 is 23.7 Å². The number of primary amides is 1. The predicted molar refractivity (Wildman–Crippen MR) is 111 cm³/mol. The van der Waals surface area contributed by atoms with Crippen LogP contribution < -0.4 is 20.5 Å². The zero-order chi connectivity index (χ0) is 22.0. The molecule has 3 heterocycles. The minimum absolute atomic E-state index is 0.0563. The number of ether oxygens (including phenoxy) is 2. The van der Waals surface area contributed by atoms with Crippen LogP contribution in [0.3, 0.4) is 0 Å². The highest BCUT2D eigenvalue weighted by Gasteiger charge is 2.26. The van der Waals surface area contributed by atoms with E-state index in [4.69, 9.17) is 15.2 Å². The first-order chi connectivity index (χ1) is 14.9. The van der Waals surface area contributed by atoms with Gasteiger partial charge in [-0.05, 0) is 31.0 Å². The van der Waals surface area contributed by atoms with Gasteiger partial charge in [0, 0.05) is 44.5 Å². The van der Waals surface area contributed by atoms with Gasteiger partial charge in [-0.25, -0.2) is 4.98 Å². The maximum Gasteiger partial charge on any atom is 0.231 e. The molecule has 31 heavy (non-hydrogen) atoms. The summed E-state index contributed by atoms with van der Waals surface area (Å²) in [6.07, 6.45) is 2.97. The molecule has 0 spiro atoms. The lowest BCUT2D eigenvalue weighted by Gasteiger charge is -2.30. The third-order valence-electron chi connectivity index (χ3n) is 5.72. The Morgan fingerprint density at radius 2 is 1.90 bits per heavy atom. The van der Waals surface area contributed by atoms with Crippen LogP contribution in [0, 0.1) is 5.92 Å². The van der Waals surface area contributed by atoms with Crippen molar-refractivity contribution < 1.29 is 23.9 Å². The molecule has 2 aliphatic heterocycles. The van der Waals surface area contributed by atoms with Crippen molar-refractivity contribution in [3.05, 3.63) is 24.4 Å². The van der Waals surface area contributed by atoms with E-state index >= 15 is 0 Å². The molecule has 164 valence electrons. The number of fused-ring (bicyclic) bond motifs is 1. The highest BCUT2D eigenvalue weighted by molar-refractivity contribution is 5.92. The number of hydrogen-bond acceptors (Lipinski definition) is 6. The first kappa shape index (κ1) is 20.7. The Kier molecular flexibility index (Phi) is 5.79. The molecule has 0 radical (unpaired) electrons. The van der Waals surface area contributed by atoms with Gasteiger partial charge in [0.2, 0.25) is 30.5 Å². The fraction of sp³-hybridized carbons (Fsp3) is 0.429. The van der Waals surface area contributed by atoms with E-state index in [9.17, 15) is 14.4 Å². The summed E-state index contributed by atoms with van der Waals surface area (Å²) in [6.45, 7) is 1.19. The molecule has 1 saturated heterocycles. The number of aromatic nitrogens is 2. The van der Waals surface area contributed by atoms with Crippen molar-refractivity contribution in [2.75, 3.05) is 25.2 Å². The molecule has 2 aromatic rings. The lowest BCUT2D eigenvalue weighted by Crippen LogP contribution is -2.41. The summed E-state index contributed by atoms with van der Waals surface area (Å²) in [5.41, 5.74) is 7.01. The van der Waals surface area contributed by atoms with Gasteiger partial charge in [0.15, 0.2) is 11.5 Å². The molecular formula is C21H25N5O5. The van der Waals surface area contributed by atoms with E-state index in [1.807, 2.05) is 18.2 Å². The topological polar surface area (TPSA) is 129 Å². The van der Waals surface area contributed by atoms with Gasteiger partial charge < -0.3 is 24.7 Å². The van der Waals surface area contributed by atoms with Crippen LogP contribution in [0.1, 0.15) is 25.7 Å². The summed E-state index contributed by atoms with van der Waals surface area (Å²) < 4.78 is 12.5. The number of carbonyl (C=O) groups is 3. The van der Waals surface area contributed by atoms with Crippen molar-refractivity contribution in [1.29, 1.82) is 0 Å². The van der Waals surface area contributed by atoms with Gasteiger partial charge in [-0.1, -0.05) is 0 Å². The normalized spacial score (nSPS) is 15.7. The summed E-state index contributed by atoms with van der Waals surface area (Å²) >= 11 is 0. The molecule has 0 saturated carbocycles. The summed E-state index contributed by atoms with van der Waals surface area (Å²) in [6, 6.07) is 5.60. The van der Waals surface area contributed by atoms with Gasteiger partial charge in [0.25, 0.3) is 0 Å². The standard InChI is InChI=1S/C21H25N5O5/c1-25-15(14-2-3-16-17(10-14)31-12-30-16)11-23-21(25)24-18(27)4-5-19(28)26-8-6-13(7-9-26)20(22)29/h2-3,10-11,13H,4-9,12H2,1H3,(H2,22,29)(H,23,24,27). The molecule has 0 unspecified atom stereocenters. The summed E-state index contributed by atoms with van der Waals surface area (Å²) in [7, 11) is 1.80. The fourth-order valence-corrected chi connectivity index (χ4v) is 3.83. The summed E-state index contributed by atoms with van der Waals surface area (Å²) in [5.74, 6) is 0.889. The van der Waals surface area contributed by atoms with Crippen LogP contribution in [0.2, 0.25) is 0 Å². The number of nitrogens with two attached hydrogens (primary N) is 1. The third-order valence-corrected chi connectivity index (χ3v) is 5.72. The van der Waals surface area contributed by atoms with E-state index < -0.39 is 0 Å². The number of piperidine rings is 1. The average molecular weight is 427 g/mol. The molecular weight excluding hydrogens is 402 g/mol. The van der Waals surface area contributed by atoms with Crippen molar-refractivity contribution in [1.82, 2.24) is 14.5 Å². The van der Waals surface area contributed by atoms with E-state index in [1.165, 1.54) is 0 Å². The van der Waals surface area contributed by atoms with Gasteiger partial charge >= 0.3 is 0 Å². The zero-order valence-electron chi connectivity index (χ0n) is 17.3. The van der Waals surface area contributed by atoms with Crippen molar-refractivity contribution in [2.45, 2.75) is 25.7 Å². The fourth-order valence-electron chi connectivity index (χ4n) is 3.83. The Morgan fingerprint density at radius 1 is 1.16 bits per heavy atom. The second-order valence-electron chi connectivity index (χ2n) is 7.70. The Balaban J connectivity index is 1.30. The van der Waals surface area contributed by atoms with Gasteiger partial charge in [-0.15, -0.1) is 0 Å². The Labute approximate surface area is 179 Å². The second kappa shape index (κ2) is 8.66. The summed E-state index contributed by atoms with van der Waals surface area (Å²) in [4.78, 5) is 41.9. The number of anilines is 1. The predicted octanol–water partition coefficient (Wildman–Crippen LogP) is 1.26. The largest absolute Gasteiger partial charge is 0.454 e. The van der Waals surface area contributed by atoms with Crippen LogP contribution in [0.15, 0.2) is 24.4 Å². The highest BCUT2D eigenvalue weighted by atomic mass is 16.7.